The molecule has 8 N–H and O–H groups in total. The molecular weight excluding hydrogens is 1420 g/mol. The van der Waals surface area contributed by atoms with Crippen LogP contribution in [0.2, 0.25) is 0 Å². The smallest absolute Gasteiger partial charge is 0.408 e. The van der Waals surface area contributed by atoms with E-state index in [4.69, 9.17) is 14.2 Å². The third kappa shape index (κ3) is 20.6. The maximum Gasteiger partial charge on any atom is 0.408 e. The van der Waals surface area contributed by atoms with Gasteiger partial charge in [0.15, 0.2) is 17.6 Å². The predicted molar refractivity (Wildman–Crippen MR) is 366 cm³/mol. The number of halogens is 6. The van der Waals surface area contributed by atoms with Crippen LogP contribution in [0.3, 0.4) is 0 Å². The number of fused-ring (bicyclic) bond motifs is 6. The van der Waals surface area contributed by atoms with E-state index in [-0.39, 0.29) is 98.5 Å². The quantitative estimate of drug-likeness (QED) is 0.116. The van der Waals surface area contributed by atoms with Gasteiger partial charge in [0.1, 0.15) is 95.5 Å². The number of cyclic esters (lactones) is 2. The van der Waals surface area contributed by atoms with E-state index in [0.717, 1.165) is 30.7 Å². The number of carbonyl (C=O) groups is 13. The van der Waals surface area contributed by atoms with Gasteiger partial charge in [0.25, 0.3) is 5.91 Å². The Bertz CT molecular complexity index is 3570. The van der Waals surface area contributed by atoms with Crippen LogP contribution in [0.25, 0.3) is 0 Å². The van der Waals surface area contributed by atoms with Crippen LogP contribution < -0.4 is 44.7 Å². The standard InChI is InChI=1S/C39H53F2N5O9.C34H45F2N5O7.2ClH/c1-20-14-30-37(52)54-22(3)31(44-33(48)28(43-38(53)55-39(4,5)6)17-23-15-24(40)18-25(41)16-23)32(47)26-10-9-11-27(26)36(51)45-13-8-7-12-29(45)34(49)42-21(2)35(50)46(30)19-20;1-17-11-27-34(47)48-19(3)28(39-30(43)25(37)14-20-12-21(35)15-22(36)13-20)29(42)23-7-6-8-24(23)33(46)40-10-5-4-9-26(40)31(44)38-18(2)32(45)41(27)16-17;;/h15-16,18,20-22,26-31H,7-14,17,19H2,1-6H3,(H,42,49)(H,43,53)(H,44,48);12-13,15,17-19,23-28H,4-11,14,16,37H2,1-3H3,(H,38,44)(H,39,43);2*1H/t20-,21-,22-,26?,27+,28-,29-,30-,31-;17-,18-,19-,23?,24+,25-,26-,27-,28-;;/m00../s1. The molecule has 105 heavy (non-hydrogen) atoms. The molecule has 6 heterocycles. The number of quaternary nitrogens is 1. The highest BCUT2D eigenvalue weighted by atomic mass is 35.5. The number of nitrogens with one attached hydrogen (secondary N) is 5. The van der Waals surface area contributed by atoms with Gasteiger partial charge in [-0.3, -0.25) is 47.9 Å². The van der Waals surface area contributed by atoms with E-state index in [1.165, 1.54) is 40.4 Å². The number of nitrogens with zero attached hydrogens (tertiary/aromatic N) is 4. The third-order valence-corrected chi connectivity index (χ3v) is 21.1. The second-order valence-corrected chi connectivity index (χ2v) is 30.4. The molecule has 2 aliphatic carbocycles. The third-order valence-electron chi connectivity index (χ3n) is 21.1. The van der Waals surface area contributed by atoms with Gasteiger partial charge in [-0.2, -0.15) is 0 Å². The number of hydrogen-bond acceptors (Lipinski definition) is 16. The Morgan fingerprint density at radius 1 is 0.524 bits per heavy atom. The number of alkyl carbamates (subject to hydrolysis) is 1. The van der Waals surface area contributed by atoms with E-state index in [2.05, 4.69) is 32.3 Å². The van der Waals surface area contributed by atoms with E-state index in [1.807, 2.05) is 13.8 Å². The number of hydrogen-bond donors (Lipinski definition) is 6. The molecule has 0 bridgehead atoms. The molecule has 2 aromatic rings. The van der Waals surface area contributed by atoms with Crippen molar-refractivity contribution in [1.82, 2.24) is 46.2 Å². The van der Waals surface area contributed by atoms with Gasteiger partial charge < -0.3 is 78.5 Å². The largest absolute Gasteiger partial charge is 1.00 e. The summed E-state index contributed by atoms with van der Waals surface area (Å²) in [4.78, 5) is 186. The Morgan fingerprint density at radius 3 is 1.30 bits per heavy atom. The van der Waals surface area contributed by atoms with Crippen molar-refractivity contribution < 1.29 is 112 Å². The minimum Gasteiger partial charge on any atom is -1.00 e. The summed E-state index contributed by atoms with van der Waals surface area (Å²) >= 11 is 0. The van der Waals surface area contributed by atoms with Crippen LogP contribution in [0.4, 0.5) is 22.4 Å². The summed E-state index contributed by atoms with van der Waals surface area (Å²) < 4.78 is 73.1. The van der Waals surface area contributed by atoms with Gasteiger partial charge >= 0.3 is 18.0 Å². The first-order valence-electron chi connectivity index (χ1n) is 36.2. The number of amides is 9. The molecule has 2 unspecified atom stereocenters. The molecule has 26 nitrogen and oxygen atoms in total. The van der Waals surface area contributed by atoms with Gasteiger partial charge in [0, 0.05) is 74.8 Å². The predicted octanol–water partition coefficient (Wildman–Crippen LogP) is 1.02. The lowest BCUT2D eigenvalue weighted by Gasteiger charge is -2.38. The minimum atomic E-state index is -1.54. The number of benzene rings is 2. The zero-order valence-corrected chi connectivity index (χ0v) is 62.4. The monoisotopic (exact) mass is 1520 g/mol. The zero-order chi connectivity index (χ0) is 75.2. The van der Waals surface area contributed by atoms with Gasteiger partial charge in [-0.15, -0.1) is 12.4 Å². The van der Waals surface area contributed by atoms with E-state index in [0.29, 0.717) is 89.3 Å². The molecule has 2 saturated carbocycles. The maximum atomic E-state index is 14.7. The highest BCUT2D eigenvalue weighted by Crippen LogP contribution is 2.40. The van der Waals surface area contributed by atoms with Gasteiger partial charge in [-0.05, 0) is 173 Å². The molecule has 18 atom stereocenters. The summed E-state index contributed by atoms with van der Waals surface area (Å²) in [6, 6.07) is -5.59. The maximum absolute atomic E-state index is 14.7. The Labute approximate surface area is 620 Å². The summed E-state index contributed by atoms with van der Waals surface area (Å²) in [5.41, 5.74) is 3.09. The number of ketones is 2. The lowest BCUT2D eigenvalue weighted by atomic mass is 9.84. The first-order chi connectivity index (χ1) is 48.6. The number of Topliss-reactive ketones (excluding diaryl/α,β-unsaturated/α-hetero) is 2. The van der Waals surface area contributed by atoms with Gasteiger partial charge in [0.2, 0.25) is 41.4 Å². The molecule has 32 heteroatoms. The van der Waals surface area contributed by atoms with Crippen LogP contribution in [0.15, 0.2) is 36.4 Å². The van der Waals surface area contributed by atoms with Crippen LogP contribution in [0, 0.1) is 58.8 Å². The lowest BCUT2D eigenvalue weighted by molar-refractivity contribution is -0.403. The molecule has 10 rings (SSSR count). The molecule has 8 aliphatic rings. The van der Waals surface area contributed by atoms with Crippen LogP contribution in [-0.4, -0.2) is 201 Å². The Balaban J connectivity index is 0.000000290. The second-order valence-electron chi connectivity index (χ2n) is 30.4. The van der Waals surface area contributed by atoms with Crippen molar-refractivity contribution in [3.8, 4) is 0 Å². The van der Waals surface area contributed by atoms with E-state index < -0.39 is 197 Å². The molecular formula is C73H100Cl2F4N10O16. The van der Waals surface area contributed by atoms with Gasteiger partial charge in [-0.25, -0.2) is 31.9 Å². The zero-order valence-electron chi connectivity index (χ0n) is 60.8. The van der Waals surface area contributed by atoms with Gasteiger partial charge in [-0.1, -0.05) is 26.7 Å². The normalized spacial score (nSPS) is 30.6. The van der Waals surface area contributed by atoms with Crippen molar-refractivity contribution in [1.29, 1.82) is 0 Å². The Morgan fingerprint density at radius 2 is 0.905 bits per heavy atom. The number of piperidine rings is 2. The SMILES string of the molecule is C[C@H]1C[C@H]2C(=O)O[C@@H](C)[C@H](NC(=O)[C@@H]([NH3+])Cc3cc(F)cc(F)c3)C(=O)C3CCC[C@H]3C(=O)N3CCCC[C@H]3C(=O)N[C@@H](C)C(=O)N2C1.C[C@H]1C[C@H]2C(=O)O[C@@H](C)[C@H](NC(=O)[C@H](Cc3cc(F)cc(F)c3)NC(=O)OC(C)(C)C)C(=O)C3CCC[C@H]3C(=O)N3CCCC[C@H]3C(=O)N[C@@H](C)C(=O)N2C1.Cl.[Cl-]. The summed E-state index contributed by atoms with van der Waals surface area (Å²) in [7, 11) is 0. The summed E-state index contributed by atoms with van der Waals surface area (Å²) in [5, 5.41) is 13.3. The van der Waals surface area contributed by atoms with E-state index in [9.17, 15) is 79.9 Å². The van der Waals surface area contributed by atoms with Gasteiger partial charge in [0.05, 0.1) is 0 Å². The molecule has 0 radical (unpaired) electrons. The number of ether oxygens (including phenoxy) is 3. The first kappa shape index (κ1) is 84.3. The molecule has 2 aromatic carbocycles. The van der Waals surface area contributed by atoms with Crippen molar-refractivity contribution in [2.24, 2.45) is 35.5 Å². The Kier molecular flexibility index (Phi) is 28.9. The fourth-order valence-electron chi connectivity index (χ4n) is 16.0. The molecule has 8 fully saturated rings. The summed E-state index contributed by atoms with van der Waals surface area (Å²) in [6.45, 7) is 15.6. The molecule has 6 aliphatic heterocycles. The lowest BCUT2D eigenvalue weighted by Crippen LogP contribution is -3.00. The summed E-state index contributed by atoms with van der Waals surface area (Å²) in [5.74, 6) is -13.8. The van der Waals surface area contributed by atoms with Crippen molar-refractivity contribution >= 4 is 89.3 Å². The van der Waals surface area contributed by atoms with Crippen LogP contribution >= 0.6 is 12.4 Å². The van der Waals surface area contributed by atoms with E-state index >= 15 is 0 Å². The van der Waals surface area contributed by atoms with Crippen molar-refractivity contribution in [2.45, 2.75) is 243 Å². The van der Waals surface area contributed by atoms with E-state index in [1.54, 1.807) is 27.7 Å². The average Bonchev–Trinajstić information content (AvgIpc) is 1.77. The minimum absolute atomic E-state index is 0. The van der Waals surface area contributed by atoms with Crippen molar-refractivity contribution in [2.75, 3.05) is 26.2 Å². The molecule has 0 aromatic heterocycles. The molecule has 9 amide bonds. The first-order valence-corrected chi connectivity index (χ1v) is 36.2. The highest BCUT2D eigenvalue weighted by molar-refractivity contribution is 6.01. The van der Waals surface area contributed by atoms with Crippen LogP contribution in [-0.2, 0) is 84.6 Å². The molecule has 0 spiro atoms. The Hall–Kier alpha value is -7.99. The molecule has 580 valence electrons. The van der Waals surface area contributed by atoms with Crippen molar-refractivity contribution in [3.05, 3.63) is 70.8 Å². The van der Waals surface area contributed by atoms with Crippen LogP contribution in [0.1, 0.15) is 163 Å². The molecule has 6 saturated heterocycles. The number of carbonyl (C=O) groups excluding carboxylic acids is 13. The topological polar surface area (TPSA) is 350 Å². The van der Waals surface area contributed by atoms with Crippen LogP contribution in [0.5, 0.6) is 0 Å². The fourth-order valence-corrected chi connectivity index (χ4v) is 16.0. The average molecular weight is 1520 g/mol. The summed E-state index contributed by atoms with van der Waals surface area (Å²) in [6.07, 6.45) is 2.48. The second kappa shape index (κ2) is 36.1. The number of esters is 2. The number of rotatable bonds is 9. The van der Waals surface area contributed by atoms with Crippen molar-refractivity contribution in [3.63, 3.8) is 0 Å². The fraction of sp³-hybridized carbons (Fsp3) is 0.658. The highest BCUT2D eigenvalue weighted by Gasteiger charge is 2.52.